The second-order valence-electron chi connectivity index (χ2n) is 5.66. The predicted molar refractivity (Wildman–Crippen MR) is 89.1 cm³/mol. The summed E-state index contributed by atoms with van der Waals surface area (Å²) in [6.07, 6.45) is 1.39. The second kappa shape index (κ2) is 7.68. The van der Waals surface area contributed by atoms with Crippen LogP contribution in [0.15, 0.2) is 24.3 Å². The average molecular weight is 321 g/mol. The fourth-order valence-corrected chi connectivity index (χ4v) is 3.52. The number of aliphatic carboxylic acids is 1. The Bertz CT molecular complexity index is 529. The number of carbonyl (C=O) groups is 2. The maximum absolute atomic E-state index is 12.6. The lowest BCUT2D eigenvalue weighted by molar-refractivity contribution is -0.144. The zero-order valence-corrected chi connectivity index (χ0v) is 13.9. The molecule has 0 spiro atoms. The first kappa shape index (κ1) is 16.9. The third-order valence-electron chi connectivity index (χ3n) is 4.24. The highest BCUT2D eigenvalue weighted by Gasteiger charge is 2.35. The number of rotatable bonds is 5. The number of amides is 1. The Hall–Kier alpha value is -1.49. The molecule has 4 nitrogen and oxygen atoms in total. The number of carboxylic acid groups (broad SMARTS) is 1. The number of hydrogen-bond donors (Lipinski definition) is 1. The molecule has 0 aliphatic carbocycles. The van der Waals surface area contributed by atoms with Gasteiger partial charge in [-0.05, 0) is 43.2 Å². The van der Waals surface area contributed by atoms with Gasteiger partial charge < -0.3 is 10.0 Å². The van der Waals surface area contributed by atoms with Gasteiger partial charge in [0.05, 0.1) is 5.92 Å². The Morgan fingerprint density at radius 1 is 1.32 bits per heavy atom. The van der Waals surface area contributed by atoms with E-state index in [0.29, 0.717) is 18.5 Å². The summed E-state index contributed by atoms with van der Waals surface area (Å²) in [4.78, 5) is 25.6. The molecule has 1 fully saturated rings. The van der Waals surface area contributed by atoms with E-state index in [1.807, 2.05) is 43.0 Å². The molecule has 1 aliphatic rings. The Kier molecular flexibility index (Phi) is 5.89. The fourth-order valence-electron chi connectivity index (χ4n) is 2.89. The minimum Gasteiger partial charge on any atom is -0.481 e. The predicted octanol–water partition coefficient (Wildman–Crippen LogP) is 3.27. The van der Waals surface area contributed by atoms with Crippen molar-refractivity contribution < 1.29 is 14.7 Å². The number of carboxylic acids is 1. The first-order chi connectivity index (χ1) is 10.5. The Labute approximate surface area is 135 Å². The molecule has 1 aliphatic heterocycles. The van der Waals surface area contributed by atoms with E-state index in [1.165, 1.54) is 5.56 Å². The van der Waals surface area contributed by atoms with E-state index in [1.54, 1.807) is 4.90 Å². The SMILES string of the molecule is CCSCc1ccc(C(=O)N2CCC[C@H](C(=O)O)[C@@H]2C)cc1. The minimum absolute atomic E-state index is 0.0619. The van der Waals surface area contributed by atoms with Crippen LogP contribution in [0.25, 0.3) is 0 Å². The Morgan fingerprint density at radius 2 is 2.00 bits per heavy atom. The van der Waals surface area contributed by atoms with E-state index in [2.05, 4.69) is 6.92 Å². The van der Waals surface area contributed by atoms with Crippen molar-refractivity contribution in [3.63, 3.8) is 0 Å². The molecule has 0 unspecified atom stereocenters. The zero-order chi connectivity index (χ0) is 16.1. The van der Waals surface area contributed by atoms with Crippen molar-refractivity contribution in [1.82, 2.24) is 4.90 Å². The van der Waals surface area contributed by atoms with Crippen LogP contribution >= 0.6 is 11.8 Å². The van der Waals surface area contributed by atoms with Crippen LogP contribution in [0.3, 0.4) is 0 Å². The summed E-state index contributed by atoms with van der Waals surface area (Å²) < 4.78 is 0. The summed E-state index contributed by atoms with van der Waals surface area (Å²) in [5.41, 5.74) is 1.85. The van der Waals surface area contributed by atoms with Gasteiger partial charge in [0.1, 0.15) is 0 Å². The lowest BCUT2D eigenvalue weighted by atomic mass is 9.90. The van der Waals surface area contributed by atoms with Crippen LogP contribution in [0.4, 0.5) is 0 Å². The van der Waals surface area contributed by atoms with E-state index >= 15 is 0 Å². The highest BCUT2D eigenvalue weighted by molar-refractivity contribution is 7.98. The van der Waals surface area contributed by atoms with Crippen LogP contribution in [-0.2, 0) is 10.5 Å². The molecule has 2 rings (SSSR count). The van der Waals surface area contributed by atoms with Gasteiger partial charge in [-0.1, -0.05) is 19.1 Å². The van der Waals surface area contributed by atoms with Crippen LogP contribution in [0.5, 0.6) is 0 Å². The highest BCUT2D eigenvalue weighted by atomic mass is 32.2. The molecule has 120 valence electrons. The van der Waals surface area contributed by atoms with Gasteiger partial charge in [-0.3, -0.25) is 9.59 Å². The van der Waals surface area contributed by atoms with Gasteiger partial charge in [-0.25, -0.2) is 0 Å². The van der Waals surface area contributed by atoms with Gasteiger partial charge in [0, 0.05) is 23.9 Å². The van der Waals surface area contributed by atoms with E-state index in [0.717, 1.165) is 17.9 Å². The van der Waals surface area contributed by atoms with E-state index < -0.39 is 11.9 Å². The quantitative estimate of drug-likeness (QED) is 0.904. The number of likely N-dealkylation sites (tertiary alicyclic amines) is 1. The van der Waals surface area contributed by atoms with Crippen LogP contribution in [0, 0.1) is 5.92 Å². The molecule has 2 atom stereocenters. The number of benzene rings is 1. The van der Waals surface area contributed by atoms with Crippen LogP contribution in [-0.4, -0.2) is 40.2 Å². The molecule has 1 saturated heterocycles. The van der Waals surface area contributed by atoms with E-state index in [9.17, 15) is 14.7 Å². The molecule has 1 aromatic rings. The molecule has 1 amide bonds. The smallest absolute Gasteiger partial charge is 0.308 e. The molecule has 0 bridgehead atoms. The van der Waals surface area contributed by atoms with Crippen molar-refractivity contribution in [3.05, 3.63) is 35.4 Å². The fraction of sp³-hybridized carbons (Fsp3) is 0.529. The largest absolute Gasteiger partial charge is 0.481 e. The summed E-state index contributed by atoms with van der Waals surface area (Å²) in [6, 6.07) is 7.42. The summed E-state index contributed by atoms with van der Waals surface area (Å²) in [5.74, 6) is 0.692. The molecule has 0 radical (unpaired) electrons. The molecular formula is C17H23NO3S. The summed E-state index contributed by atoms with van der Waals surface area (Å²) in [7, 11) is 0. The van der Waals surface area contributed by atoms with Gasteiger partial charge in [0.25, 0.3) is 5.91 Å². The first-order valence-electron chi connectivity index (χ1n) is 7.75. The number of thioether (sulfide) groups is 1. The number of nitrogens with zero attached hydrogens (tertiary/aromatic N) is 1. The van der Waals surface area contributed by atoms with Gasteiger partial charge in [0.15, 0.2) is 0 Å². The summed E-state index contributed by atoms with van der Waals surface area (Å²) >= 11 is 1.85. The standard InChI is InChI=1S/C17H23NO3S/c1-3-22-11-13-6-8-14(9-7-13)16(19)18-10-4-5-15(12(18)2)17(20)21/h6-9,12,15H,3-5,10-11H2,1-2H3,(H,20,21)/t12-,15-/m0/s1. The number of piperidine rings is 1. The molecule has 0 saturated carbocycles. The molecule has 5 heteroatoms. The van der Waals surface area contributed by atoms with Gasteiger partial charge >= 0.3 is 5.97 Å². The minimum atomic E-state index is -0.808. The van der Waals surface area contributed by atoms with Gasteiger partial charge in [-0.2, -0.15) is 11.8 Å². The third kappa shape index (κ3) is 3.83. The van der Waals surface area contributed by atoms with E-state index in [-0.39, 0.29) is 11.9 Å². The second-order valence-corrected chi connectivity index (χ2v) is 6.93. The van der Waals surface area contributed by atoms with Gasteiger partial charge in [0.2, 0.25) is 0 Å². The maximum Gasteiger partial charge on any atom is 0.308 e. The summed E-state index contributed by atoms with van der Waals surface area (Å²) in [6.45, 7) is 4.60. The molecule has 1 aromatic carbocycles. The van der Waals surface area contributed by atoms with Gasteiger partial charge in [-0.15, -0.1) is 0 Å². The summed E-state index contributed by atoms with van der Waals surface area (Å²) in [5, 5.41) is 9.26. The molecule has 0 aromatic heterocycles. The van der Waals surface area contributed by atoms with Crippen LogP contribution < -0.4 is 0 Å². The van der Waals surface area contributed by atoms with Crippen LogP contribution in [0.1, 0.15) is 42.6 Å². The highest BCUT2D eigenvalue weighted by Crippen LogP contribution is 2.25. The van der Waals surface area contributed by atoms with Crippen LogP contribution in [0.2, 0.25) is 0 Å². The van der Waals surface area contributed by atoms with Crippen molar-refractivity contribution in [2.75, 3.05) is 12.3 Å². The van der Waals surface area contributed by atoms with Crippen molar-refractivity contribution in [3.8, 4) is 0 Å². The van der Waals surface area contributed by atoms with Crippen molar-refractivity contribution in [2.45, 2.75) is 38.5 Å². The Balaban J connectivity index is 2.08. The molecule has 1 N–H and O–H groups in total. The van der Waals surface area contributed by atoms with Crippen molar-refractivity contribution >= 4 is 23.6 Å². The topological polar surface area (TPSA) is 57.6 Å². The molecule has 1 heterocycles. The first-order valence-corrected chi connectivity index (χ1v) is 8.90. The Morgan fingerprint density at radius 3 is 2.59 bits per heavy atom. The average Bonchev–Trinajstić information content (AvgIpc) is 2.52. The lowest BCUT2D eigenvalue weighted by Crippen LogP contribution is -2.49. The third-order valence-corrected chi connectivity index (χ3v) is 5.19. The lowest BCUT2D eigenvalue weighted by Gasteiger charge is -2.37. The number of carbonyl (C=O) groups excluding carboxylic acids is 1. The monoisotopic (exact) mass is 321 g/mol. The van der Waals surface area contributed by atoms with Crippen molar-refractivity contribution in [1.29, 1.82) is 0 Å². The zero-order valence-electron chi connectivity index (χ0n) is 13.1. The molecule has 22 heavy (non-hydrogen) atoms. The van der Waals surface area contributed by atoms with E-state index in [4.69, 9.17) is 0 Å². The number of hydrogen-bond acceptors (Lipinski definition) is 3. The molecular weight excluding hydrogens is 298 g/mol. The van der Waals surface area contributed by atoms with Crippen molar-refractivity contribution in [2.24, 2.45) is 5.92 Å². The maximum atomic E-state index is 12.6. The normalized spacial score (nSPS) is 21.6.